The van der Waals surface area contributed by atoms with Crippen LogP contribution in [0.5, 0.6) is 5.75 Å². The van der Waals surface area contributed by atoms with Crippen LogP contribution in [-0.2, 0) is 0 Å². The van der Waals surface area contributed by atoms with E-state index in [9.17, 15) is 19.8 Å². The number of carboxylic acids is 1. The second-order valence-corrected chi connectivity index (χ2v) is 9.64. The maximum atomic E-state index is 12.8. The van der Waals surface area contributed by atoms with E-state index in [4.69, 9.17) is 4.74 Å². The molecule has 1 atom stereocenters. The number of aromatic carboxylic acids is 1. The van der Waals surface area contributed by atoms with Gasteiger partial charge in [0.15, 0.2) is 5.43 Å². The molecule has 2 aromatic rings. The van der Waals surface area contributed by atoms with E-state index in [1.165, 1.54) is 12.3 Å². The van der Waals surface area contributed by atoms with Crippen LogP contribution in [0, 0.1) is 5.41 Å². The highest BCUT2D eigenvalue weighted by Gasteiger charge is 2.35. The monoisotopic (exact) mass is 454 g/mol. The summed E-state index contributed by atoms with van der Waals surface area (Å²) in [5.74, 6) is -0.547. The molecule has 1 aliphatic heterocycles. The fraction of sp³-hybridized carbons (Fsp3) is 0.462. The number of likely N-dealkylation sites (N-methyl/N-ethyl adjacent to an activating group) is 1. The first-order valence-corrected chi connectivity index (χ1v) is 11.3. The van der Waals surface area contributed by atoms with Gasteiger partial charge >= 0.3 is 5.97 Å². The molecule has 0 saturated heterocycles. The SMILES string of the molecule is CCC(C)=c1c(OCCO)ccc/c1=C1\c2cc(=O)c(C(=O)O)cn2C(C(C)(C)C)CN1C. The molecule has 1 aromatic heterocycles. The lowest BCUT2D eigenvalue weighted by atomic mass is 9.84. The summed E-state index contributed by atoms with van der Waals surface area (Å²) >= 11 is 0. The number of carboxylic acid groups (broad SMARTS) is 1. The van der Waals surface area contributed by atoms with E-state index < -0.39 is 11.4 Å². The van der Waals surface area contributed by atoms with E-state index in [0.29, 0.717) is 18.0 Å². The summed E-state index contributed by atoms with van der Waals surface area (Å²) in [6.45, 7) is 11.2. The summed E-state index contributed by atoms with van der Waals surface area (Å²) in [6, 6.07) is 7.20. The maximum Gasteiger partial charge on any atom is 0.341 e. The van der Waals surface area contributed by atoms with Crippen LogP contribution in [0.15, 0.2) is 35.3 Å². The number of hydrogen-bond acceptors (Lipinski definition) is 5. The molecular weight excluding hydrogens is 420 g/mol. The molecule has 7 heteroatoms. The van der Waals surface area contributed by atoms with Gasteiger partial charge in [0.1, 0.15) is 17.9 Å². The zero-order chi connectivity index (χ0) is 24.5. The van der Waals surface area contributed by atoms with Gasteiger partial charge in [0.25, 0.3) is 0 Å². The number of pyridine rings is 1. The third-order valence-electron chi connectivity index (χ3n) is 6.30. The van der Waals surface area contributed by atoms with Crippen LogP contribution in [-0.4, -0.2) is 52.5 Å². The fourth-order valence-corrected chi connectivity index (χ4v) is 4.45. The highest BCUT2D eigenvalue weighted by atomic mass is 16.5. The van der Waals surface area contributed by atoms with E-state index in [1.54, 1.807) is 0 Å². The number of nitrogens with zero attached hydrogens (tertiary/aromatic N) is 2. The lowest BCUT2D eigenvalue weighted by Crippen LogP contribution is -2.46. The van der Waals surface area contributed by atoms with Crippen molar-refractivity contribution in [2.45, 2.75) is 47.1 Å². The summed E-state index contributed by atoms with van der Waals surface area (Å²) in [5, 5.41) is 20.7. The Kier molecular flexibility index (Phi) is 7.03. The molecule has 7 nitrogen and oxygen atoms in total. The van der Waals surface area contributed by atoms with Crippen molar-refractivity contribution in [2.75, 3.05) is 26.8 Å². The lowest BCUT2D eigenvalue weighted by Gasteiger charge is -2.43. The molecule has 178 valence electrons. The van der Waals surface area contributed by atoms with E-state index in [1.807, 2.05) is 36.7 Å². The predicted molar refractivity (Wildman–Crippen MR) is 129 cm³/mol. The van der Waals surface area contributed by atoms with Gasteiger partial charge in [-0.2, -0.15) is 0 Å². The first-order valence-electron chi connectivity index (χ1n) is 11.3. The molecule has 33 heavy (non-hydrogen) atoms. The number of ether oxygens (including phenoxy) is 1. The van der Waals surface area contributed by atoms with Gasteiger partial charge in [0.05, 0.1) is 24.0 Å². The summed E-state index contributed by atoms with van der Waals surface area (Å²) in [7, 11) is 2.00. The molecule has 0 saturated carbocycles. The van der Waals surface area contributed by atoms with Crippen LogP contribution >= 0.6 is 0 Å². The summed E-state index contributed by atoms with van der Waals surface area (Å²) in [5.41, 5.74) is 1.74. The van der Waals surface area contributed by atoms with Crippen molar-refractivity contribution < 1.29 is 19.7 Å². The maximum absolute atomic E-state index is 12.8. The molecule has 2 N–H and O–H groups in total. The van der Waals surface area contributed by atoms with E-state index in [0.717, 1.165) is 28.1 Å². The Hall–Kier alpha value is -3.06. The molecule has 1 aromatic carbocycles. The summed E-state index contributed by atoms with van der Waals surface area (Å²) in [4.78, 5) is 26.6. The number of aromatic nitrogens is 1. The van der Waals surface area contributed by atoms with Gasteiger partial charge in [-0.25, -0.2) is 4.79 Å². The van der Waals surface area contributed by atoms with Crippen molar-refractivity contribution in [1.29, 1.82) is 0 Å². The largest absolute Gasteiger partial charge is 0.491 e. The Morgan fingerprint density at radius 3 is 2.55 bits per heavy atom. The Morgan fingerprint density at radius 1 is 1.27 bits per heavy atom. The van der Waals surface area contributed by atoms with E-state index in [-0.39, 0.29) is 30.2 Å². The van der Waals surface area contributed by atoms with Crippen LogP contribution in [0.25, 0.3) is 11.3 Å². The molecule has 1 unspecified atom stereocenters. The van der Waals surface area contributed by atoms with Crippen molar-refractivity contribution in [3.05, 3.63) is 62.4 Å². The first kappa shape index (κ1) is 24.6. The summed E-state index contributed by atoms with van der Waals surface area (Å²) in [6.07, 6.45) is 2.30. The molecular formula is C26H34N2O5. The number of aliphatic hydroxyl groups is 1. The number of hydrogen-bond donors (Lipinski definition) is 2. The molecule has 1 aliphatic rings. The standard InChI is InChI=1S/C26H34N2O5/c1-7-16(2)23-17(9-8-10-21(23)33-12-11-29)24-19-13-20(30)18(25(31)32)14-28(19)22(15-27(24)6)26(3,4)5/h8-10,13-14,22,29H,7,11-12,15H2,1-6H3,(H,31,32)/b23-16?,24-17-. The number of carbonyl (C=O) groups is 1. The average molecular weight is 455 g/mol. The topological polar surface area (TPSA) is 92.0 Å². The summed E-state index contributed by atoms with van der Waals surface area (Å²) < 4.78 is 7.82. The minimum absolute atomic E-state index is 0.0338. The molecule has 0 spiro atoms. The predicted octanol–water partition coefficient (Wildman–Crippen LogP) is 2.19. The zero-order valence-electron chi connectivity index (χ0n) is 20.3. The molecule has 3 rings (SSSR count). The number of aliphatic hydroxyl groups excluding tert-OH is 1. The Bertz CT molecular complexity index is 1240. The van der Waals surface area contributed by atoms with Gasteiger partial charge < -0.3 is 24.4 Å². The molecule has 0 fully saturated rings. The van der Waals surface area contributed by atoms with Gasteiger partial charge in [-0.1, -0.05) is 45.4 Å². The Balaban J connectivity index is 2.51. The van der Waals surface area contributed by atoms with Crippen LogP contribution in [0.1, 0.15) is 63.1 Å². The van der Waals surface area contributed by atoms with Crippen molar-refractivity contribution in [1.82, 2.24) is 9.47 Å². The highest BCUT2D eigenvalue weighted by Crippen LogP contribution is 2.37. The third kappa shape index (κ3) is 4.69. The normalized spacial score (nSPS) is 18.6. The molecule has 2 heterocycles. The van der Waals surface area contributed by atoms with E-state index in [2.05, 4.69) is 32.6 Å². The van der Waals surface area contributed by atoms with Crippen molar-refractivity contribution >= 4 is 17.2 Å². The second kappa shape index (κ2) is 9.43. The van der Waals surface area contributed by atoms with Gasteiger partial charge in [0.2, 0.25) is 0 Å². The van der Waals surface area contributed by atoms with Crippen LogP contribution < -0.4 is 20.6 Å². The smallest absolute Gasteiger partial charge is 0.341 e. The van der Waals surface area contributed by atoms with Gasteiger partial charge in [-0.05, 0) is 24.8 Å². The Morgan fingerprint density at radius 2 is 1.97 bits per heavy atom. The molecule has 0 bridgehead atoms. The van der Waals surface area contributed by atoms with Gasteiger partial charge in [-0.3, -0.25) is 4.79 Å². The minimum atomic E-state index is -1.22. The molecule has 0 radical (unpaired) electrons. The van der Waals surface area contributed by atoms with Crippen LogP contribution in [0.2, 0.25) is 0 Å². The Labute approximate surface area is 194 Å². The minimum Gasteiger partial charge on any atom is -0.491 e. The van der Waals surface area contributed by atoms with Crippen molar-refractivity contribution in [3.63, 3.8) is 0 Å². The van der Waals surface area contributed by atoms with E-state index >= 15 is 0 Å². The zero-order valence-corrected chi connectivity index (χ0v) is 20.3. The fourth-order valence-electron chi connectivity index (χ4n) is 4.45. The van der Waals surface area contributed by atoms with Gasteiger partial charge in [-0.15, -0.1) is 0 Å². The third-order valence-corrected chi connectivity index (χ3v) is 6.30. The highest BCUT2D eigenvalue weighted by molar-refractivity contribution is 5.87. The van der Waals surface area contributed by atoms with Crippen molar-refractivity contribution in [2.24, 2.45) is 5.41 Å². The first-order chi connectivity index (χ1) is 15.5. The number of fused-ring (bicyclic) bond motifs is 1. The number of benzene rings is 1. The quantitative estimate of drug-likeness (QED) is 0.720. The number of rotatable bonds is 5. The molecule has 0 amide bonds. The van der Waals surface area contributed by atoms with Crippen LogP contribution in [0.3, 0.4) is 0 Å². The molecule has 0 aliphatic carbocycles. The average Bonchev–Trinajstić information content (AvgIpc) is 2.75. The van der Waals surface area contributed by atoms with Gasteiger partial charge in [0, 0.05) is 36.3 Å². The van der Waals surface area contributed by atoms with Crippen molar-refractivity contribution in [3.8, 4) is 5.75 Å². The second-order valence-electron chi connectivity index (χ2n) is 9.64. The van der Waals surface area contributed by atoms with Crippen LogP contribution in [0.4, 0.5) is 0 Å². The lowest BCUT2D eigenvalue weighted by molar-refractivity contribution is 0.0693.